The summed E-state index contributed by atoms with van der Waals surface area (Å²) in [6.07, 6.45) is 1.25. The minimum atomic E-state index is -0.330. The summed E-state index contributed by atoms with van der Waals surface area (Å²) in [4.78, 5) is 24.5. The molecule has 0 aliphatic carbocycles. The second kappa shape index (κ2) is 12.5. The zero-order valence-electron chi connectivity index (χ0n) is 19.3. The van der Waals surface area contributed by atoms with Crippen molar-refractivity contribution >= 4 is 40.5 Å². The number of benzene rings is 3. The topological polar surface area (TPSA) is 79.5 Å². The molecular formula is C27H29N3O3S. The molecule has 3 N–H and O–H groups in total. The number of amides is 2. The molecule has 3 aromatic carbocycles. The Morgan fingerprint density at radius 1 is 0.882 bits per heavy atom. The minimum Gasteiger partial charge on any atom is -0.493 e. The van der Waals surface area contributed by atoms with Gasteiger partial charge in [-0.3, -0.25) is 14.9 Å². The highest BCUT2D eigenvalue weighted by Gasteiger charge is 2.10. The summed E-state index contributed by atoms with van der Waals surface area (Å²) >= 11 is 5.28. The average Bonchev–Trinajstić information content (AvgIpc) is 2.80. The fourth-order valence-electron chi connectivity index (χ4n) is 3.22. The number of carbonyl (C=O) groups excluding carboxylic acids is 2. The first-order valence-electron chi connectivity index (χ1n) is 11.2. The summed E-state index contributed by atoms with van der Waals surface area (Å²) in [6, 6.07) is 24.2. The predicted octanol–water partition coefficient (Wildman–Crippen LogP) is 5.42. The standard InChI is InChI=1S/C27H29N3O3S/c1-19(2)17-25(31)28-22-11-13-23(14-12-22)29-27(34)30-26(32)21-9-6-10-24(18-21)33-16-15-20-7-4-3-5-8-20/h3-14,18-19H,15-17H2,1-2H3,(H,28,31)(H2,29,30,32,34). The molecule has 0 saturated heterocycles. The van der Waals surface area contributed by atoms with Crippen molar-refractivity contribution in [3.8, 4) is 5.75 Å². The summed E-state index contributed by atoms with van der Waals surface area (Å²) in [7, 11) is 0. The zero-order valence-corrected chi connectivity index (χ0v) is 20.2. The van der Waals surface area contributed by atoms with E-state index in [1.165, 1.54) is 5.56 Å². The number of hydrogen-bond acceptors (Lipinski definition) is 4. The van der Waals surface area contributed by atoms with E-state index < -0.39 is 0 Å². The number of thiocarbonyl (C=S) groups is 1. The largest absolute Gasteiger partial charge is 0.493 e. The average molecular weight is 476 g/mol. The Labute approximate surface area is 205 Å². The second-order valence-corrected chi connectivity index (χ2v) is 8.65. The minimum absolute atomic E-state index is 0.0234. The van der Waals surface area contributed by atoms with Crippen LogP contribution in [0.2, 0.25) is 0 Å². The Morgan fingerprint density at radius 3 is 2.24 bits per heavy atom. The van der Waals surface area contributed by atoms with Crippen LogP contribution >= 0.6 is 12.2 Å². The summed E-state index contributed by atoms with van der Waals surface area (Å²) in [5.41, 5.74) is 3.05. The van der Waals surface area contributed by atoms with Gasteiger partial charge in [0.05, 0.1) is 6.61 Å². The van der Waals surface area contributed by atoms with Crippen LogP contribution in [0, 0.1) is 5.92 Å². The van der Waals surface area contributed by atoms with Crippen molar-refractivity contribution in [2.24, 2.45) is 5.92 Å². The summed E-state index contributed by atoms with van der Waals surface area (Å²) in [5, 5.41) is 8.69. The van der Waals surface area contributed by atoms with E-state index in [2.05, 4.69) is 28.1 Å². The quantitative estimate of drug-likeness (QED) is 0.360. The van der Waals surface area contributed by atoms with Crippen LogP contribution in [0.1, 0.15) is 36.2 Å². The molecule has 6 nitrogen and oxygen atoms in total. The fourth-order valence-corrected chi connectivity index (χ4v) is 3.43. The van der Waals surface area contributed by atoms with Gasteiger partial charge < -0.3 is 15.4 Å². The Hall–Kier alpha value is -3.71. The third-order valence-electron chi connectivity index (χ3n) is 4.85. The van der Waals surface area contributed by atoms with E-state index in [9.17, 15) is 9.59 Å². The lowest BCUT2D eigenvalue weighted by atomic mass is 10.1. The van der Waals surface area contributed by atoms with E-state index >= 15 is 0 Å². The Morgan fingerprint density at radius 2 is 1.56 bits per heavy atom. The lowest BCUT2D eigenvalue weighted by Crippen LogP contribution is -2.34. The van der Waals surface area contributed by atoms with E-state index in [-0.39, 0.29) is 16.9 Å². The molecule has 176 valence electrons. The lowest BCUT2D eigenvalue weighted by Gasteiger charge is -2.12. The summed E-state index contributed by atoms with van der Waals surface area (Å²) < 4.78 is 5.80. The molecule has 2 amide bonds. The van der Waals surface area contributed by atoms with Crippen LogP contribution < -0.4 is 20.7 Å². The van der Waals surface area contributed by atoms with E-state index in [0.717, 1.165) is 6.42 Å². The summed E-state index contributed by atoms with van der Waals surface area (Å²) in [5.74, 6) is 0.564. The number of carbonyl (C=O) groups is 2. The molecule has 0 spiro atoms. The van der Waals surface area contributed by atoms with Gasteiger partial charge in [0.15, 0.2) is 5.11 Å². The van der Waals surface area contributed by atoms with Gasteiger partial charge in [-0.1, -0.05) is 50.2 Å². The molecule has 0 aliphatic rings. The van der Waals surface area contributed by atoms with E-state index in [1.54, 1.807) is 42.5 Å². The van der Waals surface area contributed by atoms with Crippen molar-refractivity contribution in [2.75, 3.05) is 17.2 Å². The zero-order chi connectivity index (χ0) is 24.3. The van der Waals surface area contributed by atoms with Crippen molar-refractivity contribution in [1.82, 2.24) is 5.32 Å². The SMILES string of the molecule is CC(C)CC(=O)Nc1ccc(NC(=S)NC(=O)c2cccc(OCCc3ccccc3)c2)cc1. The molecule has 0 heterocycles. The van der Waals surface area contributed by atoms with Gasteiger partial charge in [-0.15, -0.1) is 0 Å². The maximum atomic E-state index is 12.6. The highest BCUT2D eigenvalue weighted by atomic mass is 32.1. The van der Waals surface area contributed by atoms with E-state index in [0.29, 0.717) is 41.6 Å². The first kappa shape index (κ1) is 24.9. The van der Waals surface area contributed by atoms with Crippen molar-refractivity contribution in [3.63, 3.8) is 0 Å². The molecule has 3 rings (SSSR count). The molecule has 0 radical (unpaired) electrons. The molecule has 34 heavy (non-hydrogen) atoms. The van der Waals surface area contributed by atoms with Crippen LogP contribution in [0.15, 0.2) is 78.9 Å². The third kappa shape index (κ3) is 8.33. The predicted molar refractivity (Wildman–Crippen MR) is 140 cm³/mol. The first-order valence-corrected chi connectivity index (χ1v) is 11.6. The number of ether oxygens (including phenoxy) is 1. The van der Waals surface area contributed by atoms with Gasteiger partial charge in [0.25, 0.3) is 5.91 Å². The van der Waals surface area contributed by atoms with Gasteiger partial charge in [-0.05, 0) is 66.2 Å². The van der Waals surface area contributed by atoms with Crippen LogP contribution in [0.5, 0.6) is 5.75 Å². The Kier molecular flexibility index (Phi) is 9.17. The van der Waals surface area contributed by atoms with Crippen LogP contribution in [0.4, 0.5) is 11.4 Å². The molecule has 0 saturated carbocycles. The highest BCUT2D eigenvalue weighted by Crippen LogP contribution is 2.16. The highest BCUT2D eigenvalue weighted by molar-refractivity contribution is 7.80. The monoisotopic (exact) mass is 475 g/mol. The van der Waals surface area contributed by atoms with E-state index in [4.69, 9.17) is 17.0 Å². The molecule has 0 atom stereocenters. The number of anilines is 2. The number of nitrogens with one attached hydrogen (secondary N) is 3. The van der Waals surface area contributed by atoms with Crippen LogP contribution in [-0.4, -0.2) is 23.5 Å². The van der Waals surface area contributed by atoms with Gasteiger partial charge in [0, 0.05) is 29.8 Å². The molecule has 0 aliphatic heterocycles. The van der Waals surface area contributed by atoms with Crippen LogP contribution in [0.3, 0.4) is 0 Å². The number of rotatable bonds is 9. The summed E-state index contributed by atoms with van der Waals surface area (Å²) in [6.45, 7) is 4.51. The molecule has 3 aromatic rings. The maximum Gasteiger partial charge on any atom is 0.257 e. The molecule has 0 fully saturated rings. The van der Waals surface area contributed by atoms with E-state index in [1.807, 2.05) is 38.1 Å². The van der Waals surface area contributed by atoms with Gasteiger partial charge >= 0.3 is 0 Å². The van der Waals surface area contributed by atoms with Crippen LogP contribution in [-0.2, 0) is 11.2 Å². The van der Waals surface area contributed by atoms with Gasteiger partial charge in [-0.2, -0.15) is 0 Å². The Bertz CT molecular complexity index is 1120. The molecule has 0 aromatic heterocycles. The smallest absolute Gasteiger partial charge is 0.257 e. The van der Waals surface area contributed by atoms with Gasteiger partial charge in [0.2, 0.25) is 5.91 Å². The van der Waals surface area contributed by atoms with Gasteiger partial charge in [0.1, 0.15) is 5.75 Å². The molecular weight excluding hydrogens is 446 g/mol. The molecule has 0 unspecified atom stereocenters. The lowest BCUT2D eigenvalue weighted by molar-refractivity contribution is -0.116. The second-order valence-electron chi connectivity index (χ2n) is 8.24. The van der Waals surface area contributed by atoms with Crippen LogP contribution in [0.25, 0.3) is 0 Å². The fraction of sp³-hybridized carbons (Fsp3) is 0.222. The third-order valence-corrected chi connectivity index (χ3v) is 5.05. The van der Waals surface area contributed by atoms with Gasteiger partial charge in [-0.25, -0.2) is 0 Å². The number of hydrogen-bond donors (Lipinski definition) is 3. The van der Waals surface area contributed by atoms with Crippen molar-refractivity contribution in [1.29, 1.82) is 0 Å². The Balaban J connectivity index is 1.48. The van der Waals surface area contributed by atoms with Crippen molar-refractivity contribution < 1.29 is 14.3 Å². The van der Waals surface area contributed by atoms with Crippen molar-refractivity contribution in [3.05, 3.63) is 90.0 Å². The maximum absolute atomic E-state index is 12.6. The molecule has 7 heteroatoms. The molecule has 0 bridgehead atoms. The first-order chi connectivity index (χ1) is 16.4. The normalized spacial score (nSPS) is 10.4. The van der Waals surface area contributed by atoms with Crippen molar-refractivity contribution in [2.45, 2.75) is 26.7 Å².